The Morgan fingerprint density at radius 1 is 1.04 bits per heavy atom. The minimum atomic E-state index is -0.0646. The molecule has 0 saturated heterocycles. The van der Waals surface area contributed by atoms with Crippen LogP contribution in [0.3, 0.4) is 0 Å². The highest BCUT2D eigenvalue weighted by Gasteiger charge is 2.13. The quantitative estimate of drug-likeness (QED) is 0.452. The van der Waals surface area contributed by atoms with Crippen LogP contribution in [0.4, 0.5) is 5.69 Å². The normalized spacial score (nSPS) is 10.5. The molecule has 0 fully saturated rings. The first-order valence-corrected chi connectivity index (χ1v) is 9.79. The first-order valence-electron chi connectivity index (χ1n) is 8.81. The molecule has 0 bridgehead atoms. The second-order valence-corrected chi connectivity index (χ2v) is 6.93. The summed E-state index contributed by atoms with van der Waals surface area (Å²) in [6, 6.07) is 19.7. The number of amides is 1. The number of para-hydroxylation sites is 1. The number of nitrogens with zero attached hydrogens (tertiary/aromatic N) is 3. The largest absolute Gasteiger partial charge is 0.325 e. The molecule has 3 rings (SSSR count). The number of benzene rings is 2. The molecule has 2 aromatic carbocycles. The van der Waals surface area contributed by atoms with Crippen molar-refractivity contribution in [3.8, 4) is 0 Å². The molecule has 1 N–H and O–H groups in total. The molecule has 5 nitrogen and oxygen atoms in total. The molecule has 0 saturated carbocycles. The zero-order chi connectivity index (χ0) is 18.9. The van der Waals surface area contributed by atoms with Crippen LogP contribution in [0.25, 0.3) is 0 Å². The van der Waals surface area contributed by atoms with Crippen LogP contribution in [0, 0.1) is 0 Å². The lowest BCUT2D eigenvalue weighted by atomic mass is 10.1. The Labute approximate surface area is 163 Å². The van der Waals surface area contributed by atoms with Gasteiger partial charge in [-0.25, -0.2) is 0 Å². The molecule has 0 aliphatic rings. The van der Waals surface area contributed by atoms with Crippen molar-refractivity contribution in [2.24, 2.45) is 0 Å². The molecule has 1 aromatic heterocycles. The van der Waals surface area contributed by atoms with E-state index in [1.807, 2.05) is 59.2 Å². The molecule has 1 heterocycles. The van der Waals surface area contributed by atoms with E-state index in [-0.39, 0.29) is 11.7 Å². The summed E-state index contributed by atoms with van der Waals surface area (Å²) in [5, 5.41) is 12.2. The summed E-state index contributed by atoms with van der Waals surface area (Å²) in [7, 11) is 0. The van der Waals surface area contributed by atoms with Crippen molar-refractivity contribution in [3.63, 3.8) is 0 Å². The summed E-state index contributed by atoms with van der Waals surface area (Å²) in [6.07, 6.45) is 3.51. The highest BCUT2D eigenvalue weighted by Crippen LogP contribution is 2.19. The van der Waals surface area contributed by atoms with Gasteiger partial charge in [-0.2, -0.15) is 0 Å². The Balaban J connectivity index is 1.60. The van der Waals surface area contributed by atoms with Crippen molar-refractivity contribution in [1.29, 1.82) is 0 Å². The van der Waals surface area contributed by atoms with Gasteiger partial charge < -0.3 is 9.88 Å². The van der Waals surface area contributed by atoms with Crippen LogP contribution in [0.1, 0.15) is 11.4 Å². The third kappa shape index (κ3) is 5.56. The average molecular weight is 379 g/mol. The van der Waals surface area contributed by atoms with Crippen molar-refractivity contribution in [2.75, 3.05) is 11.1 Å². The monoisotopic (exact) mass is 378 g/mol. The van der Waals surface area contributed by atoms with Gasteiger partial charge in [0.1, 0.15) is 5.82 Å². The van der Waals surface area contributed by atoms with Crippen LogP contribution in [-0.2, 0) is 24.2 Å². The summed E-state index contributed by atoms with van der Waals surface area (Å²) >= 11 is 1.39. The van der Waals surface area contributed by atoms with Gasteiger partial charge in [0.25, 0.3) is 0 Å². The number of allylic oxidation sites excluding steroid dienone is 1. The minimum absolute atomic E-state index is 0.0646. The van der Waals surface area contributed by atoms with E-state index in [0.717, 1.165) is 29.5 Å². The molecular weight excluding hydrogens is 356 g/mol. The van der Waals surface area contributed by atoms with E-state index >= 15 is 0 Å². The third-order valence-electron chi connectivity index (χ3n) is 3.98. The highest BCUT2D eigenvalue weighted by atomic mass is 32.2. The van der Waals surface area contributed by atoms with Gasteiger partial charge in [0.2, 0.25) is 5.91 Å². The molecule has 0 radical (unpaired) electrons. The summed E-state index contributed by atoms with van der Waals surface area (Å²) in [4.78, 5) is 12.2. The fourth-order valence-electron chi connectivity index (χ4n) is 2.67. The number of hydrogen-bond donors (Lipinski definition) is 1. The molecule has 0 aliphatic heterocycles. The molecule has 0 spiro atoms. The number of nitrogens with one attached hydrogen (secondary N) is 1. The van der Waals surface area contributed by atoms with Crippen LogP contribution in [-0.4, -0.2) is 26.4 Å². The standard InChI is InChI=1S/C21H22N4OS/c1-2-15-25-19(14-13-17-9-5-3-6-10-17)23-24-21(25)27-16-20(26)22-18-11-7-4-8-12-18/h2-12H,1,13-16H2,(H,22,26). The van der Waals surface area contributed by atoms with E-state index in [2.05, 4.69) is 34.2 Å². The van der Waals surface area contributed by atoms with Crippen molar-refractivity contribution in [1.82, 2.24) is 14.8 Å². The Hall–Kier alpha value is -2.86. The molecule has 0 unspecified atom stereocenters. The van der Waals surface area contributed by atoms with Gasteiger partial charge in [0, 0.05) is 18.7 Å². The number of aromatic nitrogens is 3. The van der Waals surface area contributed by atoms with Gasteiger partial charge in [0.05, 0.1) is 5.75 Å². The van der Waals surface area contributed by atoms with Gasteiger partial charge in [0.15, 0.2) is 5.16 Å². The Morgan fingerprint density at radius 2 is 1.74 bits per heavy atom. The van der Waals surface area contributed by atoms with Gasteiger partial charge >= 0.3 is 0 Å². The second kappa shape index (κ2) is 9.73. The molecule has 27 heavy (non-hydrogen) atoms. The van der Waals surface area contributed by atoms with Crippen LogP contribution in [0.5, 0.6) is 0 Å². The maximum Gasteiger partial charge on any atom is 0.234 e. The summed E-state index contributed by atoms with van der Waals surface area (Å²) in [6.45, 7) is 4.45. The zero-order valence-electron chi connectivity index (χ0n) is 15.0. The topological polar surface area (TPSA) is 59.8 Å². The lowest BCUT2D eigenvalue weighted by Gasteiger charge is -2.08. The van der Waals surface area contributed by atoms with E-state index in [4.69, 9.17) is 0 Å². The number of carbonyl (C=O) groups excluding carboxylic acids is 1. The van der Waals surface area contributed by atoms with Gasteiger partial charge in [-0.05, 0) is 24.1 Å². The Bertz CT molecular complexity index is 878. The number of rotatable bonds is 9. The van der Waals surface area contributed by atoms with Crippen LogP contribution < -0.4 is 5.32 Å². The molecule has 1 amide bonds. The molecule has 138 valence electrons. The van der Waals surface area contributed by atoms with Gasteiger partial charge in [-0.1, -0.05) is 66.4 Å². The number of hydrogen-bond acceptors (Lipinski definition) is 4. The summed E-state index contributed by atoms with van der Waals surface area (Å²) in [5.74, 6) is 1.12. The molecule has 0 aliphatic carbocycles. The predicted molar refractivity (Wildman–Crippen MR) is 110 cm³/mol. The second-order valence-electron chi connectivity index (χ2n) is 5.99. The van der Waals surface area contributed by atoms with Crippen molar-refractivity contribution < 1.29 is 4.79 Å². The van der Waals surface area contributed by atoms with Crippen LogP contribution in [0.2, 0.25) is 0 Å². The van der Waals surface area contributed by atoms with Crippen LogP contribution in [0.15, 0.2) is 78.5 Å². The zero-order valence-corrected chi connectivity index (χ0v) is 15.9. The first kappa shape index (κ1) is 18.9. The number of carbonyl (C=O) groups is 1. The van der Waals surface area contributed by atoms with E-state index < -0.39 is 0 Å². The first-order chi connectivity index (χ1) is 13.3. The van der Waals surface area contributed by atoms with Crippen molar-refractivity contribution >= 4 is 23.4 Å². The maximum atomic E-state index is 12.2. The third-order valence-corrected chi connectivity index (χ3v) is 4.94. The lowest BCUT2D eigenvalue weighted by molar-refractivity contribution is -0.113. The van der Waals surface area contributed by atoms with E-state index in [9.17, 15) is 4.79 Å². The molecule has 3 aromatic rings. The molecular formula is C21H22N4OS. The smallest absolute Gasteiger partial charge is 0.234 e. The molecule has 0 atom stereocenters. The number of anilines is 1. The fourth-order valence-corrected chi connectivity index (χ4v) is 3.44. The molecule has 6 heteroatoms. The Morgan fingerprint density at radius 3 is 2.44 bits per heavy atom. The van der Waals surface area contributed by atoms with E-state index in [0.29, 0.717) is 6.54 Å². The van der Waals surface area contributed by atoms with Crippen LogP contribution >= 0.6 is 11.8 Å². The SMILES string of the molecule is C=CCn1c(CCc2ccccc2)nnc1SCC(=O)Nc1ccccc1. The maximum absolute atomic E-state index is 12.2. The van der Waals surface area contributed by atoms with E-state index in [1.165, 1.54) is 17.3 Å². The summed E-state index contributed by atoms with van der Waals surface area (Å²) in [5.41, 5.74) is 2.06. The van der Waals surface area contributed by atoms with Crippen molar-refractivity contribution in [2.45, 2.75) is 24.5 Å². The van der Waals surface area contributed by atoms with Gasteiger partial charge in [-0.15, -0.1) is 16.8 Å². The minimum Gasteiger partial charge on any atom is -0.325 e. The summed E-state index contributed by atoms with van der Waals surface area (Å²) < 4.78 is 2.02. The average Bonchev–Trinajstić information content (AvgIpc) is 3.08. The van der Waals surface area contributed by atoms with Gasteiger partial charge in [-0.3, -0.25) is 4.79 Å². The number of aryl methyl sites for hydroxylation is 2. The fraction of sp³-hybridized carbons (Fsp3) is 0.190. The highest BCUT2D eigenvalue weighted by molar-refractivity contribution is 7.99. The van der Waals surface area contributed by atoms with E-state index in [1.54, 1.807) is 0 Å². The predicted octanol–water partition coefficient (Wildman–Crippen LogP) is 3.98. The van der Waals surface area contributed by atoms with Crippen molar-refractivity contribution in [3.05, 3.63) is 84.7 Å². The Kier molecular flexibility index (Phi) is 6.82. The number of thioether (sulfide) groups is 1. The lowest BCUT2D eigenvalue weighted by Crippen LogP contribution is -2.14.